The van der Waals surface area contributed by atoms with E-state index in [1.165, 1.54) is 12.0 Å². The molecule has 0 N–H and O–H groups in total. The molecule has 1 fully saturated rings. The van der Waals surface area contributed by atoms with E-state index in [0.717, 1.165) is 39.0 Å². The van der Waals surface area contributed by atoms with Crippen molar-refractivity contribution in [3.05, 3.63) is 11.6 Å². The highest BCUT2D eigenvalue weighted by atomic mass is 16.2. The van der Waals surface area contributed by atoms with Crippen LogP contribution in [-0.4, -0.2) is 42.0 Å². The standard InChI is InChI=1S/C16H28N2O/c1-13-6-5-9-18(12-13)15(19)17-10-7-14(8-11-17)16(2,3)4/h7,13H,5-6,8-12H2,1-4H3. The molecule has 2 amide bonds. The van der Waals surface area contributed by atoms with Crippen LogP contribution in [0.1, 0.15) is 47.0 Å². The van der Waals surface area contributed by atoms with Crippen molar-refractivity contribution in [2.45, 2.75) is 47.0 Å². The lowest BCUT2D eigenvalue weighted by Gasteiger charge is -2.38. The van der Waals surface area contributed by atoms with Gasteiger partial charge in [0.15, 0.2) is 0 Å². The van der Waals surface area contributed by atoms with E-state index in [4.69, 9.17) is 0 Å². The highest BCUT2D eigenvalue weighted by Gasteiger charge is 2.28. The van der Waals surface area contributed by atoms with E-state index < -0.39 is 0 Å². The van der Waals surface area contributed by atoms with Crippen molar-refractivity contribution in [2.75, 3.05) is 26.2 Å². The molecule has 0 bridgehead atoms. The lowest BCUT2D eigenvalue weighted by molar-refractivity contribution is 0.133. The third kappa shape index (κ3) is 3.52. The minimum atomic E-state index is 0.245. The summed E-state index contributed by atoms with van der Waals surface area (Å²) >= 11 is 0. The summed E-state index contributed by atoms with van der Waals surface area (Å²) in [5, 5.41) is 0. The molecule has 1 saturated heterocycles. The van der Waals surface area contributed by atoms with Gasteiger partial charge in [0.2, 0.25) is 0 Å². The summed E-state index contributed by atoms with van der Waals surface area (Å²) in [5.74, 6) is 0.656. The minimum absolute atomic E-state index is 0.245. The van der Waals surface area contributed by atoms with E-state index in [1.54, 1.807) is 0 Å². The molecular weight excluding hydrogens is 236 g/mol. The van der Waals surface area contributed by atoms with Crippen LogP contribution in [0, 0.1) is 11.3 Å². The van der Waals surface area contributed by atoms with Crippen molar-refractivity contribution < 1.29 is 4.79 Å². The normalized spacial score (nSPS) is 25.3. The van der Waals surface area contributed by atoms with E-state index in [-0.39, 0.29) is 11.4 Å². The van der Waals surface area contributed by atoms with Gasteiger partial charge in [0.25, 0.3) is 0 Å². The predicted molar refractivity (Wildman–Crippen MR) is 79.1 cm³/mol. The number of nitrogens with zero attached hydrogens (tertiary/aromatic N) is 2. The number of rotatable bonds is 0. The molecule has 19 heavy (non-hydrogen) atoms. The topological polar surface area (TPSA) is 23.6 Å². The van der Waals surface area contributed by atoms with Crippen LogP contribution in [0.2, 0.25) is 0 Å². The van der Waals surface area contributed by atoms with Crippen molar-refractivity contribution >= 4 is 6.03 Å². The van der Waals surface area contributed by atoms with E-state index in [0.29, 0.717) is 5.92 Å². The van der Waals surface area contributed by atoms with Crippen LogP contribution in [-0.2, 0) is 0 Å². The first kappa shape index (κ1) is 14.4. The molecule has 3 heteroatoms. The van der Waals surface area contributed by atoms with Gasteiger partial charge in [0.1, 0.15) is 0 Å². The molecule has 0 aromatic rings. The van der Waals surface area contributed by atoms with Crippen LogP contribution in [0.4, 0.5) is 4.79 Å². The summed E-state index contributed by atoms with van der Waals surface area (Å²) in [6.07, 6.45) is 5.70. The first-order chi connectivity index (χ1) is 8.88. The maximum atomic E-state index is 12.5. The molecule has 2 aliphatic heterocycles. The van der Waals surface area contributed by atoms with Crippen LogP contribution in [0.3, 0.4) is 0 Å². The molecule has 0 aromatic carbocycles. The largest absolute Gasteiger partial charge is 0.324 e. The maximum Gasteiger partial charge on any atom is 0.320 e. The van der Waals surface area contributed by atoms with Gasteiger partial charge in [-0.2, -0.15) is 0 Å². The van der Waals surface area contributed by atoms with E-state index in [9.17, 15) is 4.79 Å². The Hall–Kier alpha value is -0.990. The van der Waals surface area contributed by atoms with Gasteiger partial charge in [0, 0.05) is 26.2 Å². The Kier molecular flexibility index (Phi) is 4.22. The molecule has 108 valence electrons. The first-order valence-electron chi connectivity index (χ1n) is 7.61. The maximum absolute atomic E-state index is 12.5. The number of carbonyl (C=O) groups is 1. The molecule has 0 saturated carbocycles. The third-order valence-electron chi connectivity index (χ3n) is 4.37. The number of hydrogen-bond acceptors (Lipinski definition) is 1. The Balaban J connectivity index is 1.94. The summed E-state index contributed by atoms with van der Waals surface area (Å²) in [4.78, 5) is 16.5. The molecule has 3 nitrogen and oxygen atoms in total. The highest BCUT2D eigenvalue weighted by molar-refractivity contribution is 5.75. The van der Waals surface area contributed by atoms with Crippen LogP contribution in [0.15, 0.2) is 11.6 Å². The summed E-state index contributed by atoms with van der Waals surface area (Å²) < 4.78 is 0. The lowest BCUT2D eigenvalue weighted by Crippen LogP contribution is -2.48. The fraction of sp³-hybridized carbons (Fsp3) is 0.812. The SMILES string of the molecule is CC1CCCN(C(=O)N2CC=C(C(C)(C)C)CC2)C1. The second kappa shape index (κ2) is 5.56. The quantitative estimate of drug-likeness (QED) is 0.614. The molecule has 1 atom stereocenters. The summed E-state index contributed by atoms with van der Waals surface area (Å²) in [5.41, 5.74) is 1.73. The summed E-state index contributed by atoms with van der Waals surface area (Å²) in [6, 6.07) is 0.246. The van der Waals surface area contributed by atoms with Crippen molar-refractivity contribution in [3.63, 3.8) is 0 Å². The van der Waals surface area contributed by atoms with Crippen molar-refractivity contribution in [2.24, 2.45) is 11.3 Å². The molecule has 0 radical (unpaired) electrons. The summed E-state index contributed by atoms with van der Waals surface area (Å²) in [6.45, 7) is 12.5. The molecule has 2 aliphatic rings. The predicted octanol–water partition coefficient (Wildman–Crippen LogP) is 3.52. The Morgan fingerprint density at radius 2 is 2.00 bits per heavy atom. The zero-order chi connectivity index (χ0) is 14.0. The molecule has 2 rings (SSSR count). The van der Waals surface area contributed by atoms with Crippen LogP contribution >= 0.6 is 0 Å². The first-order valence-corrected chi connectivity index (χ1v) is 7.61. The number of urea groups is 1. The average Bonchev–Trinajstić information content (AvgIpc) is 2.37. The lowest BCUT2D eigenvalue weighted by atomic mass is 9.83. The van der Waals surface area contributed by atoms with Gasteiger partial charge in [-0.3, -0.25) is 0 Å². The average molecular weight is 264 g/mol. The van der Waals surface area contributed by atoms with E-state index in [1.807, 2.05) is 9.80 Å². The van der Waals surface area contributed by atoms with Gasteiger partial charge >= 0.3 is 6.03 Å². The van der Waals surface area contributed by atoms with Crippen molar-refractivity contribution in [1.29, 1.82) is 0 Å². The zero-order valence-electron chi connectivity index (χ0n) is 12.9. The molecule has 0 spiro atoms. The Labute approximate surface area is 117 Å². The molecule has 1 unspecified atom stereocenters. The van der Waals surface area contributed by atoms with Gasteiger partial charge in [-0.05, 0) is 30.6 Å². The van der Waals surface area contributed by atoms with Crippen molar-refractivity contribution in [1.82, 2.24) is 9.80 Å². The Bertz CT molecular complexity index is 367. The number of amides is 2. The zero-order valence-corrected chi connectivity index (χ0v) is 12.9. The smallest absolute Gasteiger partial charge is 0.320 e. The highest BCUT2D eigenvalue weighted by Crippen LogP contribution is 2.30. The van der Waals surface area contributed by atoms with Gasteiger partial charge in [-0.15, -0.1) is 0 Å². The Morgan fingerprint density at radius 1 is 1.26 bits per heavy atom. The van der Waals surface area contributed by atoms with Gasteiger partial charge < -0.3 is 9.80 Å². The van der Waals surface area contributed by atoms with Crippen molar-refractivity contribution in [3.8, 4) is 0 Å². The molecular formula is C16H28N2O. The van der Waals surface area contributed by atoms with Crippen LogP contribution in [0.5, 0.6) is 0 Å². The fourth-order valence-electron chi connectivity index (χ4n) is 3.09. The monoisotopic (exact) mass is 264 g/mol. The molecule has 0 aliphatic carbocycles. The van der Waals surface area contributed by atoms with E-state index >= 15 is 0 Å². The van der Waals surface area contributed by atoms with Gasteiger partial charge in [0.05, 0.1) is 0 Å². The van der Waals surface area contributed by atoms with Gasteiger partial charge in [-0.1, -0.05) is 39.3 Å². The molecule has 2 heterocycles. The second-order valence-corrected chi connectivity index (χ2v) is 7.15. The fourth-order valence-corrected chi connectivity index (χ4v) is 3.09. The third-order valence-corrected chi connectivity index (χ3v) is 4.37. The van der Waals surface area contributed by atoms with E-state index in [2.05, 4.69) is 33.8 Å². The molecule has 0 aromatic heterocycles. The van der Waals surface area contributed by atoms with Crippen LogP contribution in [0.25, 0.3) is 0 Å². The number of piperidine rings is 1. The minimum Gasteiger partial charge on any atom is -0.324 e. The van der Waals surface area contributed by atoms with Crippen LogP contribution < -0.4 is 0 Å². The number of likely N-dealkylation sites (tertiary alicyclic amines) is 1. The number of hydrogen-bond donors (Lipinski definition) is 0. The summed E-state index contributed by atoms with van der Waals surface area (Å²) in [7, 11) is 0. The number of carbonyl (C=O) groups excluding carboxylic acids is 1. The van der Waals surface area contributed by atoms with Gasteiger partial charge in [-0.25, -0.2) is 4.79 Å². The Morgan fingerprint density at radius 3 is 2.53 bits per heavy atom. The second-order valence-electron chi connectivity index (χ2n) is 7.15.